The van der Waals surface area contributed by atoms with Crippen molar-refractivity contribution < 1.29 is 4.74 Å². The minimum absolute atomic E-state index is 0.188. The zero-order chi connectivity index (χ0) is 14.9. The van der Waals surface area contributed by atoms with Crippen LogP contribution in [0.5, 0.6) is 11.5 Å². The summed E-state index contributed by atoms with van der Waals surface area (Å²) in [4.78, 5) is 10.4. The number of anilines is 1. The van der Waals surface area contributed by atoms with Crippen molar-refractivity contribution in [3.05, 3.63) is 60.7 Å². The Morgan fingerprint density at radius 3 is 2.77 bits per heavy atom. The van der Waals surface area contributed by atoms with Crippen molar-refractivity contribution >= 4 is 32.9 Å². The number of aromatic amines is 1. The Bertz CT molecular complexity index is 828. The maximum absolute atomic E-state index is 5.85. The number of benzene rings is 2. The Morgan fingerprint density at radius 1 is 1.14 bits per heavy atom. The Hall–Kier alpha value is -2.27. The minimum Gasteiger partial charge on any atom is -0.457 e. The molecule has 1 unspecified atom stereocenters. The van der Waals surface area contributed by atoms with Crippen LogP contribution in [0, 0.1) is 0 Å². The molecule has 1 aliphatic rings. The van der Waals surface area contributed by atoms with Gasteiger partial charge in [-0.25, -0.2) is 4.98 Å². The maximum atomic E-state index is 5.85. The summed E-state index contributed by atoms with van der Waals surface area (Å²) in [7, 11) is 0. The largest absolute Gasteiger partial charge is 0.457 e. The number of nitrogens with zero attached hydrogens (tertiary/aromatic N) is 2. The van der Waals surface area contributed by atoms with Crippen LogP contribution in [0.15, 0.2) is 60.7 Å². The average molecular weight is 356 g/mol. The highest BCUT2D eigenvalue weighted by Gasteiger charge is 2.20. The summed E-state index contributed by atoms with van der Waals surface area (Å²) in [6.45, 7) is 0.850. The molecule has 5 heteroatoms. The number of halogens is 1. The lowest BCUT2D eigenvalue weighted by Crippen LogP contribution is -2.25. The Balaban J connectivity index is 1.63. The summed E-state index contributed by atoms with van der Waals surface area (Å²) in [6.07, 6.45) is 4.23. The Morgan fingerprint density at radius 2 is 2.00 bits per heavy atom. The zero-order valence-corrected chi connectivity index (χ0v) is 13.3. The summed E-state index contributed by atoms with van der Waals surface area (Å²) >= 11 is 3.61. The number of alkyl halides is 1. The summed E-state index contributed by atoms with van der Waals surface area (Å²) < 4.78 is 5.85. The molecule has 4 nitrogen and oxygen atoms in total. The highest BCUT2D eigenvalue weighted by atomic mass is 79.9. The second kappa shape index (κ2) is 5.50. The SMILES string of the molecule is BrC1C=CCN1c1nc2cc(Oc3ccccc3)ccc2[nH]1. The van der Waals surface area contributed by atoms with Gasteiger partial charge in [0.25, 0.3) is 0 Å². The van der Waals surface area contributed by atoms with E-state index in [1.807, 2.05) is 48.5 Å². The fraction of sp³-hybridized carbons (Fsp3) is 0.118. The van der Waals surface area contributed by atoms with Gasteiger partial charge in [-0.05, 0) is 24.3 Å². The average Bonchev–Trinajstić information content (AvgIpc) is 3.13. The molecule has 1 atom stereocenters. The van der Waals surface area contributed by atoms with Gasteiger partial charge in [0.15, 0.2) is 0 Å². The molecule has 0 aliphatic carbocycles. The predicted octanol–water partition coefficient (Wildman–Crippen LogP) is 4.45. The summed E-state index contributed by atoms with van der Waals surface area (Å²) in [5, 5.41) is 0. The molecular formula is C17H14BrN3O. The van der Waals surface area contributed by atoms with Crippen LogP contribution in [0.1, 0.15) is 0 Å². The van der Waals surface area contributed by atoms with Gasteiger partial charge in [-0.3, -0.25) is 0 Å². The molecule has 22 heavy (non-hydrogen) atoms. The van der Waals surface area contributed by atoms with Crippen molar-refractivity contribution in [1.29, 1.82) is 0 Å². The Kier molecular flexibility index (Phi) is 3.35. The number of ether oxygens (including phenoxy) is 1. The zero-order valence-electron chi connectivity index (χ0n) is 11.7. The first-order chi connectivity index (χ1) is 10.8. The van der Waals surface area contributed by atoms with Gasteiger partial charge in [-0.1, -0.05) is 46.3 Å². The van der Waals surface area contributed by atoms with Crippen LogP contribution in [0.2, 0.25) is 0 Å². The first-order valence-electron chi connectivity index (χ1n) is 7.10. The molecule has 0 saturated heterocycles. The lowest BCUT2D eigenvalue weighted by Gasteiger charge is -2.18. The molecular weight excluding hydrogens is 342 g/mol. The summed E-state index contributed by atoms with van der Waals surface area (Å²) in [6, 6.07) is 15.7. The lowest BCUT2D eigenvalue weighted by molar-refractivity contribution is 0.483. The maximum Gasteiger partial charge on any atom is 0.205 e. The number of para-hydroxylation sites is 1. The molecule has 0 bridgehead atoms. The lowest BCUT2D eigenvalue weighted by atomic mass is 10.3. The fourth-order valence-corrected chi connectivity index (χ4v) is 3.07. The van der Waals surface area contributed by atoms with Crippen LogP contribution in [-0.2, 0) is 0 Å². The van der Waals surface area contributed by atoms with E-state index < -0.39 is 0 Å². The fourth-order valence-electron chi connectivity index (χ4n) is 2.49. The van der Waals surface area contributed by atoms with Crippen molar-refractivity contribution in [2.75, 3.05) is 11.4 Å². The van der Waals surface area contributed by atoms with E-state index in [0.717, 1.165) is 35.0 Å². The standard InChI is InChI=1S/C17H14BrN3O/c18-16-7-4-10-21(16)17-19-14-9-8-13(11-15(14)20-17)22-12-5-2-1-3-6-12/h1-9,11,16H,10H2,(H,19,20). The van der Waals surface area contributed by atoms with E-state index in [1.165, 1.54) is 0 Å². The minimum atomic E-state index is 0.188. The van der Waals surface area contributed by atoms with E-state index in [9.17, 15) is 0 Å². The molecule has 0 saturated carbocycles. The second-order valence-electron chi connectivity index (χ2n) is 5.11. The third-order valence-electron chi connectivity index (χ3n) is 3.59. The number of hydrogen-bond acceptors (Lipinski definition) is 3. The van der Waals surface area contributed by atoms with Crippen molar-refractivity contribution in [1.82, 2.24) is 9.97 Å². The van der Waals surface area contributed by atoms with E-state index in [-0.39, 0.29) is 4.95 Å². The van der Waals surface area contributed by atoms with Gasteiger partial charge in [0.2, 0.25) is 5.95 Å². The van der Waals surface area contributed by atoms with E-state index >= 15 is 0 Å². The van der Waals surface area contributed by atoms with Crippen molar-refractivity contribution in [3.8, 4) is 11.5 Å². The molecule has 110 valence electrons. The molecule has 2 aromatic carbocycles. The number of rotatable bonds is 3. The quantitative estimate of drug-likeness (QED) is 0.428. The van der Waals surface area contributed by atoms with Crippen LogP contribution in [-0.4, -0.2) is 21.5 Å². The van der Waals surface area contributed by atoms with Gasteiger partial charge in [-0.15, -0.1) is 0 Å². The third-order valence-corrected chi connectivity index (χ3v) is 4.39. The molecule has 4 rings (SSSR count). The topological polar surface area (TPSA) is 41.2 Å². The number of H-pyrrole nitrogens is 1. The molecule has 2 heterocycles. The summed E-state index contributed by atoms with van der Waals surface area (Å²) in [5.74, 6) is 2.47. The molecule has 3 aromatic rings. The number of nitrogens with one attached hydrogen (secondary N) is 1. The molecule has 1 N–H and O–H groups in total. The van der Waals surface area contributed by atoms with E-state index in [2.05, 4.69) is 42.9 Å². The van der Waals surface area contributed by atoms with Crippen LogP contribution in [0.4, 0.5) is 5.95 Å². The molecule has 0 spiro atoms. The smallest absolute Gasteiger partial charge is 0.205 e. The predicted molar refractivity (Wildman–Crippen MR) is 91.8 cm³/mol. The molecule has 0 fully saturated rings. The van der Waals surface area contributed by atoms with Gasteiger partial charge in [0, 0.05) is 12.6 Å². The number of fused-ring (bicyclic) bond motifs is 1. The van der Waals surface area contributed by atoms with E-state index in [1.54, 1.807) is 0 Å². The second-order valence-corrected chi connectivity index (χ2v) is 6.05. The normalized spacial score (nSPS) is 17.3. The molecule has 1 aromatic heterocycles. The van der Waals surface area contributed by atoms with Gasteiger partial charge >= 0.3 is 0 Å². The van der Waals surface area contributed by atoms with E-state index in [4.69, 9.17) is 4.74 Å². The number of imidazole rings is 1. The molecule has 1 aliphatic heterocycles. The third kappa shape index (κ3) is 2.48. The summed E-state index contributed by atoms with van der Waals surface area (Å²) in [5.41, 5.74) is 1.90. The van der Waals surface area contributed by atoms with Crippen LogP contribution in [0.25, 0.3) is 11.0 Å². The van der Waals surface area contributed by atoms with Crippen molar-refractivity contribution in [2.24, 2.45) is 0 Å². The van der Waals surface area contributed by atoms with Crippen LogP contribution >= 0.6 is 15.9 Å². The monoisotopic (exact) mass is 355 g/mol. The Labute approximate surface area is 136 Å². The van der Waals surface area contributed by atoms with Crippen LogP contribution < -0.4 is 9.64 Å². The first-order valence-corrected chi connectivity index (χ1v) is 8.01. The van der Waals surface area contributed by atoms with Crippen LogP contribution in [0.3, 0.4) is 0 Å². The van der Waals surface area contributed by atoms with Crippen molar-refractivity contribution in [2.45, 2.75) is 4.95 Å². The highest BCUT2D eigenvalue weighted by molar-refractivity contribution is 9.09. The van der Waals surface area contributed by atoms with Crippen molar-refractivity contribution in [3.63, 3.8) is 0 Å². The van der Waals surface area contributed by atoms with Gasteiger partial charge < -0.3 is 14.6 Å². The van der Waals surface area contributed by atoms with Gasteiger partial charge in [-0.2, -0.15) is 0 Å². The molecule has 0 radical (unpaired) electrons. The van der Waals surface area contributed by atoms with Gasteiger partial charge in [0.05, 0.1) is 11.0 Å². The van der Waals surface area contributed by atoms with Gasteiger partial charge in [0.1, 0.15) is 16.5 Å². The number of hydrogen-bond donors (Lipinski definition) is 1. The number of aromatic nitrogens is 2. The highest BCUT2D eigenvalue weighted by Crippen LogP contribution is 2.28. The first kappa shape index (κ1) is 13.4. The molecule has 0 amide bonds. The van der Waals surface area contributed by atoms with E-state index in [0.29, 0.717) is 0 Å².